The molecule has 2 aromatic carbocycles. The molecule has 2 rings (SSSR count). The van der Waals surface area contributed by atoms with Crippen LogP contribution >= 0.6 is 27.5 Å². The van der Waals surface area contributed by atoms with Crippen LogP contribution in [0.1, 0.15) is 11.1 Å². The summed E-state index contributed by atoms with van der Waals surface area (Å²) in [6.07, 6.45) is 0. The lowest BCUT2D eigenvalue weighted by atomic mass is 10.2. The smallest absolute Gasteiger partial charge is 0.0426 e. The average Bonchev–Trinajstić information content (AvgIpc) is 2.32. The zero-order chi connectivity index (χ0) is 12.3. The van der Waals surface area contributed by atoms with Gasteiger partial charge in [-0.2, -0.15) is 0 Å². The van der Waals surface area contributed by atoms with Gasteiger partial charge in [0.25, 0.3) is 0 Å². The van der Waals surface area contributed by atoms with Crippen LogP contribution in [0.25, 0.3) is 0 Å². The number of anilines is 1. The van der Waals surface area contributed by atoms with Crippen LogP contribution in [0.15, 0.2) is 46.9 Å². The van der Waals surface area contributed by atoms with E-state index >= 15 is 0 Å². The first-order valence-electron chi connectivity index (χ1n) is 5.39. The standard InChI is InChI=1S/C14H13BrClN/c1-10-2-7-13(16)8-14(10)17-9-11-3-5-12(15)6-4-11/h2-8,17H,9H2,1H3. The highest BCUT2D eigenvalue weighted by Crippen LogP contribution is 2.21. The summed E-state index contributed by atoms with van der Waals surface area (Å²) in [5, 5.41) is 4.15. The minimum absolute atomic E-state index is 0.758. The summed E-state index contributed by atoms with van der Waals surface area (Å²) in [5.41, 5.74) is 3.53. The predicted molar refractivity (Wildman–Crippen MR) is 77.7 cm³/mol. The van der Waals surface area contributed by atoms with Crippen LogP contribution in [-0.2, 0) is 6.54 Å². The summed E-state index contributed by atoms with van der Waals surface area (Å²) in [6, 6.07) is 14.2. The van der Waals surface area contributed by atoms with E-state index in [2.05, 4.69) is 40.3 Å². The second kappa shape index (κ2) is 5.56. The Kier molecular flexibility index (Phi) is 4.08. The number of hydrogen-bond donors (Lipinski definition) is 1. The molecule has 1 N–H and O–H groups in total. The van der Waals surface area contributed by atoms with Crippen LogP contribution < -0.4 is 5.32 Å². The molecule has 0 aliphatic carbocycles. The van der Waals surface area contributed by atoms with Gasteiger partial charge in [-0.15, -0.1) is 0 Å². The highest BCUT2D eigenvalue weighted by molar-refractivity contribution is 9.10. The van der Waals surface area contributed by atoms with E-state index in [1.54, 1.807) is 0 Å². The van der Waals surface area contributed by atoms with Gasteiger partial charge in [0, 0.05) is 21.7 Å². The third kappa shape index (κ3) is 3.48. The highest BCUT2D eigenvalue weighted by atomic mass is 79.9. The Bertz CT molecular complexity index is 508. The van der Waals surface area contributed by atoms with Gasteiger partial charge < -0.3 is 5.32 Å². The molecule has 0 bridgehead atoms. The summed E-state index contributed by atoms with van der Waals surface area (Å²) >= 11 is 9.40. The van der Waals surface area contributed by atoms with Crippen molar-refractivity contribution in [2.45, 2.75) is 13.5 Å². The second-order valence-corrected chi connectivity index (χ2v) is 5.29. The Hall–Kier alpha value is -0.990. The van der Waals surface area contributed by atoms with Crippen molar-refractivity contribution in [3.05, 3.63) is 63.1 Å². The van der Waals surface area contributed by atoms with E-state index in [1.807, 2.05) is 30.3 Å². The van der Waals surface area contributed by atoms with Gasteiger partial charge in [0.05, 0.1) is 0 Å². The molecule has 0 aromatic heterocycles. The fourth-order valence-electron chi connectivity index (χ4n) is 1.58. The minimum atomic E-state index is 0.758. The molecule has 0 atom stereocenters. The molecular formula is C14H13BrClN. The Morgan fingerprint density at radius 1 is 1.12 bits per heavy atom. The van der Waals surface area contributed by atoms with Crippen molar-refractivity contribution in [3.8, 4) is 0 Å². The van der Waals surface area contributed by atoms with Crippen LogP contribution in [0.4, 0.5) is 5.69 Å². The molecule has 0 amide bonds. The van der Waals surface area contributed by atoms with Crippen LogP contribution in [0, 0.1) is 6.92 Å². The summed E-state index contributed by atoms with van der Waals surface area (Å²) < 4.78 is 1.10. The van der Waals surface area contributed by atoms with Crippen molar-refractivity contribution in [1.82, 2.24) is 0 Å². The highest BCUT2D eigenvalue weighted by Gasteiger charge is 1.99. The number of hydrogen-bond acceptors (Lipinski definition) is 1. The van der Waals surface area contributed by atoms with Crippen LogP contribution in [0.5, 0.6) is 0 Å². The van der Waals surface area contributed by atoms with Gasteiger partial charge >= 0.3 is 0 Å². The summed E-state index contributed by atoms with van der Waals surface area (Å²) in [6.45, 7) is 2.87. The lowest BCUT2D eigenvalue weighted by Crippen LogP contribution is -2.00. The van der Waals surface area contributed by atoms with Gasteiger partial charge in [-0.05, 0) is 42.3 Å². The van der Waals surface area contributed by atoms with Crippen molar-refractivity contribution in [3.63, 3.8) is 0 Å². The lowest BCUT2D eigenvalue weighted by Gasteiger charge is -2.10. The Morgan fingerprint density at radius 3 is 2.53 bits per heavy atom. The number of nitrogens with one attached hydrogen (secondary N) is 1. The molecule has 88 valence electrons. The van der Waals surface area contributed by atoms with Crippen LogP contribution in [0.2, 0.25) is 5.02 Å². The molecule has 0 spiro atoms. The molecule has 0 aliphatic rings. The van der Waals surface area contributed by atoms with E-state index in [1.165, 1.54) is 11.1 Å². The van der Waals surface area contributed by atoms with Crippen molar-refractivity contribution < 1.29 is 0 Å². The number of halogens is 2. The number of aryl methyl sites for hydroxylation is 1. The Morgan fingerprint density at radius 2 is 1.82 bits per heavy atom. The average molecular weight is 311 g/mol. The number of rotatable bonds is 3. The molecule has 0 saturated heterocycles. The first kappa shape index (κ1) is 12.5. The topological polar surface area (TPSA) is 12.0 Å². The molecule has 0 unspecified atom stereocenters. The van der Waals surface area contributed by atoms with E-state index in [-0.39, 0.29) is 0 Å². The quantitative estimate of drug-likeness (QED) is 0.839. The lowest BCUT2D eigenvalue weighted by molar-refractivity contribution is 1.14. The fourth-order valence-corrected chi connectivity index (χ4v) is 2.02. The summed E-state index contributed by atoms with van der Waals surface area (Å²) in [7, 11) is 0. The van der Waals surface area contributed by atoms with Gasteiger partial charge in [-0.1, -0.05) is 45.7 Å². The van der Waals surface area contributed by atoms with Crippen molar-refractivity contribution in [2.24, 2.45) is 0 Å². The van der Waals surface area contributed by atoms with Crippen molar-refractivity contribution >= 4 is 33.2 Å². The molecule has 1 nitrogen and oxygen atoms in total. The molecule has 0 aliphatic heterocycles. The van der Waals surface area contributed by atoms with Gasteiger partial charge in [0.15, 0.2) is 0 Å². The second-order valence-electron chi connectivity index (χ2n) is 3.94. The van der Waals surface area contributed by atoms with E-state index in [0.717, 1.165) is 21.7 Å². The van der Waals surface area contributed by atoms with Crippen molar-refractivity contribution in [1.29, 1.82) is 0 Å². The zero-order valence-electron chi connectivity index (χ0n) is 9.50. The third-order valence-electron chi connectivity index (χ3n) is 2.60. The zero-order valence-corrected chi connectivity index (χ0v) is 11.8. The summed E-state index contributed by atoms with van der Waals surface area (Å²) in [5.74, 6) is 0. The number of benzene rings is 2. The Balaban J connectivity index is 2.07. The first-order valence-corrected chi connectivity index (χ1v) is 6.57. The monoisotopic (exact) mass is 309 g/mol. The van der Waals surface area contributed by atoms with Crippen molar-refractivity contribution in [2.75, 3.05) is 5.32 Å². The van der Waals surface area contributed by atoms with Gasteiger partial charge in [-0.3, -0.25) is 0 Å². The molecule has 0 heterocycles. The maximum atomic E-state index is 5.97. The van der Waals surface area contributed by atoms with Crippen LogP contribution in [-0.4, -0.2) is 0 Å². The summed E-state index contributed by atoms with van der Waals surface area (Å²) in [4.78, 5) is 0. The minimum Gasteiger partial charge on any atom is -0.381 e. The predicted octanol–water partition coefficient (Wildman–Crippen LogP) is 5.02. The molecule has 2 aromatic rings. The van der Waals surface area contributed by atoms with E-state index in [0.29, 0.717) is 0 Å². The SMILES string of the molecule is Cc1ccc(Cl)cc1NCc1ccc(Br)cc1. The van der Waals surface area contributed by atoms with Crippen LogP contribution in [0.3, 0.4) is 0 Å². The molecule has 0 radical (unpaired) electrons. The third-order valence-corrected chi connectivity index (χ3v) is 3.36. The fraction of sp³-hybridized carbons (Fsp3) is 0.143. The molecule has 0 fully saturated rings. The van der Waals surface area contributed by atoms with Gasteiger partial charge in [0.1, 0.15) is 0 Å². The van der Waals surface area contributed by atoms with E-state index < -0.39 is 0 Å². The van der Waals surface area contributed by atoms with E-state index in [4.69, 9.17) is 11.6 Å². The molecule has 3 heteroatoms. The molecule has 17 heavy (non-hydrogen) atoms. The normalized spacial score (nSPS) is 10.3. The first-order chi connectivity index (χ1) is 8.15. The molecule has 0 saturated carbocycles. The van der Waals surface area contributed by atoms with Gasteiger partial charge in [-0.25, -0.2) is 0 Å². The largest absolute Gasteiger partial charge is 0.381 e. The molecular weight excluding hydrogens is 298 g/mol. The van der Waals surface area contributed by atoms with Gasteiger partial charge in [0.2, 0.25) is 0 Å². The Labute approximate surface area is 115 Å². The van der Waals surface area contributed by atoms with E-state index in [9.17, 15) is 0 Å². The maximum Gasteiger partial charge on any atom is 0.0426 e. The maximum absolute atomic E-state index is 5.97.